The number of oxazole rings is 1. The maximum atomic E-state index is 12.6. The number of aromatic nitrogens is 2. The summed E-state index contributed by atoms with van der Waals surface area (Å²) in [4.78, 5) is 25.1. The van der Waals surface area contributed by atoms with Crippen molar-refractivity contribution in [1.29, 1.82) is 0 Å². The number of rotatable bonds is 5. The molecule has 1 fully saturated rings. The van der Waals surface area contributed by atoms with Gasteiger partial charge in [0.2, 0.25) is 5.91 Å². The highest BCUT2D eigenvalue weighted by molar-refractivity contribution is 6.33. The number of pyridine rings is 1. The van der Waals surface area contributed by atoms with Crippen molar-refractivity contribution in [3.8, 4) is 11.3 Å². The first-order valence-corrected chi connectivity index (χ1v) is 9.71. The van der Waals surface area contributed by atoms with Crippen LogP contribution in [0.4, 0.5) is 5.69 Å². The van der Waals surface area contributed by atoms with Crippen molar-refractivity contribution in [2.24, 2.45) is 0 Å². The summed E-state index contributed by atoms with van der Waals surface area (Å²) in [5, 5.41) is 0.619. The summed E-state index contributed by atoms with van der Waals surface area (Å²) in [7, 11) is 0. The molecule has 0 bridgehead atoms. The molecule has 3 aromatic rings. The zero-order valence-corrected chi connectivity index (χ0v) is 16.2. The molecule has 3 heterocycles. The van der Waals surface area contributed by atoms with E-state index in [-0.39, 0.29) is 5.91 Å². The molecule has 144 valence electrons. The fourth-order valence-electron chi connectivity index (χ4n) is 3.35. The summed E-state index contributed by atoms with van der Waals surface area (Å²) < 4.78 is 5.78. The van der Waals surface area contributed by atoms with E-state index in [1.54, 1.807) is 18.6 Å². The van der Waals surface area contributed by atoms with Crippen LogP contribution in [0.1, 0.15) is 12.3 Å². The molecule has 1 amide bonds. The summed E-state index contributed by atoms with van der Waals surface area (Å²) in [5.74, 6) is 1.31. The van der Waals surface area contributed by atoms with Gasteiger partial charge in [0.05, 0.1) is 11.2 Å². The van der Waals surface area contributed by atoms with Crippen molar-refractivity contribution in [1.82, 2.24) is 14.9 Å². The molecule has 0 spiro atoms. The second-order valence-corrected chi connectivity index (χ2v) is 7.08. The van der Waals surface area contributed by atoms with Crippen LogP contribution in [0.25, 0.3) is 11.3 Å². The summed E-state index contributed by atoms with van der Waals surface area (Å²) in [6.07, 6.45) is 6.11. The molecule has 0 saturated carbocycles. The van der Waals surface area contributed by atoms with Gasteiger partial charge in [-0.2, -0.15) is 0 Å². The van der Waals surface area contributed by atoms with Crippen LogP contribution in [0, 0.1) is 0 Å². The second kappa shape index (κ2) is 8.44. The number of nitrogens with zero attached hydrogens (tertiary/aromatic N) is 4. The van der Waals surface area contributed by atoms with E-state index >= 15 is 0 Å². The number of amides is 1. The predicted molar refractivity (Wildman–Crippen MR) is 108 cm³/mol. The third-order valence-electron chi connectivity index (χ3n) is 4.91. The van der Waals surface area contributed by atoms with Crippen molar-refractivity contribution in [3.63, 3.8) is 0 Å². The van der Waals surface area contributed by atoms with E-state index in [0.29, 0.717) is 29.5 Å². The molecule has 0 radical (unpaired) electrons. The Labute approximate surface area is 168 Å². The molecule has 1 saturated heterocycles. The van der Waals surface area contributed by atoms with E-state index in [1.807, 2.05) is 41.3 Å². The minimum absolute atomic E-state index is 0.131. The summed E-state index contributed by atoms with van der Waals surface area (Å²) in [6.45, 7) is 3.09. The number of hydrogen-bond donors (Lipinski definition) is 0. The van der Waals surface area contributed by atoms with Gasteiger partial charge in [0.25, 0.3) is 0 Å². The third kappa shape index (κ3) is 4.17. The number of halogens is 1. The van der Waals surface area contributed by atoms with E-state index in [1.165, 1.54) is 0 Å². The average Bonchev–Trinajstić information content (AvgIpc) is 3.22. The van der Waals surface area contributed by atoms with Gasteiger partial charge in [-0.25, -0.2) is 4.98 Å². The molecule has 4 rings (SSSR count). The van der Waals surface area contributed by atoms with Gasteiger partial charge in [-0.15, -0.1) is 0 Å². The number of carbonyl (C=O) groups is 1. The predicted octanol–water partition coefficient (Wildman–Crippen LogP) is 3.67. The van der Waals surface area contributed by atoms with E-state index < -0.39 is 0 Å². The minimum Gasteiger partial charge on any atom is -0.441 e. The lowest BCUT2D eigenvalue weighted by atomic mass is 10.2. The standard InChI is InChI=1S/C21H21ClN4O2/c22-18-4-2-1-3-17(18)19-15-24-20(28-19)5-6-21(27)26-13-11-25(12-14-26)16-7-9-23-10-8-16/h1-4,7-10,15H,5-6,11-14H2. The molecule has 28 heavy (non-hydrogen) atoms. The van der Waals surface area contributed by atoms with E-state index in [2.05, 4.69) is 14.9 Å². The van der Waals surface area contributed by atoms with Crippen molar-refractivity contribution in [2.75, 3.05) is 31.1 Å². The molecule has 0 aliphatic carbocycles. The number of piperazine rings is 1. The SMILES string of the molecule is O=C(CCc1ncc(-c2ccccc2Cl)o1)N1CCN(c2ccncc2)CC1. The Hall–Kier alpha value is -2.86. The van der Waals surface area contributed by atoms with E-state index in [9.17, 15) is 4.79 Å². The van der Waals surface area contributed by atoms with Crippen molar-refractivity contribution in [2.45, 2.75) is 12.8 Å². The summed E-state index contributed by atoms with van der Waals surface area (Å²) >= 11 is 6.20. The maximum Gasteiger partial charge on any atom is 0.223 e. The van der Waals surface area contributed by atoms with E-state index in [4.69, 9.17) is 16.0 Å². The maximum absolute atomic E-state index is 12.6. The Kier molecular flexibility index (Phi) is 5.58. The van der Waals surface area contributed by atoms with Crippen molar-refractivity contribution in [3.05, 3.63) is 65.9 Å². The molecular weight excluding hydrogens is 376 g/mol. The largest absolute Gasteiger partial charge is 0.441 e. The van der Waals surface area contributed by atoms with Crippen molar-refractivity contribution >= 4 is 23.2 Å². The quantitative estimate of drug-likeness (QED) is 0.658. The van der Waals surface area contributed by atoms with Gasteiger partial charge in [0.15, 0.2) is 11.7 Å². The van der Waals surface area contributed by atoms with Gasteiger partial charge >= 0.3 is 0 Å². The van der Waals surface area contributed by atoms with Gasteiger partial charge in [-0.1, -0.05) is 23.7 Å². The molecule has 0 N–H and O–H groups in total. The van der Waals surface area contributed by atoms with Crippen LogP contribution in [0.5, 0.6) is 0 Å². The average molecular weight is 397 g/mol. The Morgan fingerprint density at radius 1 is 1.07 bits per heavy atom. The Morgan fingerprint density at radius 3 is 2.57 bits per heavy atom. The number of hydrogen-bond acceptors (Lipinski definition) is 5. The molecule has 0 unspecified atom stereocenters. The first-order valence-electron chi connectivity index (χ1n) is 9.33. The molecule has 1 aliphatic rings. The minimum atomic E-state index is 0.131. The van der Waals surface area contributed by atoms with E-state index in [0.717, 1.165) is 37.4 Å². The molecule has 1 aromatic carbocycles. The number of benzene rings is 1. The smallest absolute Gasteiger partial charge is 0.223 e. The molecule has 1 aliphatic heterocycles. The second-order valence-electron chi connectivity index (χ2n) is 6.67. The Balaban J connectivity index is 1.29. The Bertz CT molecular complexity index is 936. The lowest BCUT2D eigenvalue weighted by molar-refractivity contribution is -0.131. The topological polar surface area (TPSA) is 62.5 Å². The van der Waals surface area contributed by atoms with Gasteiger partial charge in [-0.3, -0.25) is 9.78 Å². The lowest BCUT2D eigenvalue weighted by Gasteiger charge is -2.36. The number of aryl methyl sites for hydroxylation is 1. The zero-order chi connectivity index (χ0) is 19.3. The normalized spacial score (nSPS) is 14.3. The summed E-state index contributed by atoms with van der Waals surface area (Å²) in [6, 6.07) is 11.5. The van der Waals surface area contributed by atoms with Crippen LogP contribution < -0.4 is 4.90 Å². The van der Waals surface area contributed by atoms with Crippen LogP contribution >= 0.6 is 11.6 Å². The third-order valence-corrected chi connectivity index (χ3v) is 5.24. The molecule has 0 atom stereocenters. The van der Waals surface area contributed by atoms with Crippen LogP contribution in [0.15, 0.2) is 59.4 Å². The van der Waals surface area contributed by atoms with Gasteiger partial charge in [-0.05, 0) is 24.3 Å². The number of anilines is 1. The highest BCUT2D eigenvalue weighted by Crippen LogP contribution is 2.28. The summed E-state index contributed by atoms with van der Waals surface area (Å²) in [5.41, 5.74) is 1.95. The highest BCUT2D eigenvalue weighted by atomic mass is 35.5. The fraction of sp³-hybridized carbons (Fsp3) is 0.286. The first kappa shape index (κ1) is 18.5. The number of carbonyl (C=O) groups excluding carboxylic acids is 1. The van der Waals surface area contributed by atoms with Gasteiger partial charge in [0, 0.05) is 62.7 Å². The molecular formula is C21H21ClN4O2. The van der Waals surface area contributed by atoms with Crippen LogP contribution in [-0.4, -0.2) is 47.0 Å². The monoisotopic (exact) mass is 396 g/mol. The lowest BCUT2D eigenvalue weighted by Crippen LogP contribution is -2.48. The van der Waals surface area contributed by atoms with Crippen LogP contribution in [0.3, 0.4) is 0 Å². The van der Waals surface area contributed by atoms with Crippen LogP contribution in [0.2, 0.25) is 5.02 Å². The first-order chi connectivity index (χ1) is 13.7. The molecule has 6 nitrogen and oxygen atoms in total. The Morgan fingerprint density at radius 2 is 1.82 bits per heavy atom. The molecule has 7 heteroatoms. The highest BCUT2D eigenvalue weighted by Gasteiger charge is 2.21. The van der Waals surface area contributed by atoms with Gasteiger partial charge in [0.1, 0.15) is 0 Å². The fourth-order valence-corrected chi connectivity index (χ4v) is 3.58. The van der Waals surface area contributed by atoms with Crippen LogP contribution in [-0.2, 0) is 11.2 Å². The van der Waals surface area contributed by atoms with Gasteiger partial charge < -0.3 is 14.2 Å². The zero-order valence-electron chi connectivity index (χ0n) is 15.4. The van der Waals surface area contributed by atoms with Crippen molar-refractivity contribution < 1.29 is 9.21 Å². The molecule has 2 aromatic heterocycles.